The van der Waals surface area contributed by atoms with Crippen LogP contribution >= 0.6 is 0 Å². The smallest absolute Gasteiger partial charge is 0.407 e. The number of fused-ring (bicyclic) bond motifs is 4. The summed E-state index contributed by atoms with van der Waals surface area (Å²) in [6.45, 7) is -0.832. The van der Waals surface area contributed by atoms with Crippen LogP contribution in [0.1, 0.15) is 44.2 Å². The number of nitrogens with zero attached hydrogens (tertiary/aromatic N) is 1. The fraction of sp³-hybridized carbons (Fsp3) is 0.214. The van der Waals surface area contributed by atoms with Gasteiger partial charge in [-0.3, -0.25) is 9.59 Å². The normalized spacial score (nSPS) is 20.4. The molecule has 1 atom stereocenters. The first-order chi connectivity index (χ1) is 18.2. The number of hydrogen-bond donors (Lipinski definition) is 1. The molecule has 1 aliphatic heterocycles. The summed E-state index contributed by atoms with van der Waals surface area (Å²) in [7, 11) is 0. The molecule has 3 aromatic carbocycles. The number of carbonyl (C=O) groups is 4. The number of hydrogen-bond acceptors (Lipinski definition) is 6. The molecule has 0 bridgehead atoms. The van der Waals surface area contributed by atoms with Crippen LogP contribution in [0.2, 0.25) is 0 Å². The van der Waals surface area contributed by atoms with E-state index in [1.165, 1.54) is 24.3 Å². The van der Waals surface area contributed by atoms with Crippen LogP contribution in [0.5, 0.6) is 0 Å². The molecule has 0 spiro atoms. The predicted molar refractivity (Wildman–Crippen MR) is 128 cm³/mol. The summed E-state index contributed by atoms with van der Waals surface area (Å²) in [4.78, 5) is 55.0. The zero-order chi connectivity index (χ0) is 26.7. The topological polar surface area (TPSA) is 102 Å². The second-order valence-electron chi connectivity index (χ2n) is 9.47. The first kappa shape index (κ1) is 23.8. The Labute approximate surface area is 215 Å². The van der Waals surface area contributed by atoms with Crippen LogP contribution in [0.25, 0.3) is 11.1 Å². The number of rotatable bonds is 6. The van der Waals surface area contributed by atoms with Gasteiger partial charge in [-0.15, -0.1) is 0 Å². The molecular formula is C28H20F2N2O6. The molecule has 6 rings (SSSR count). The molecule has 8 nitrogen and oxygen atoms in total. The van der Waals surface area contributed by atoms with Crippen LogP contribution in [-0.4, -0.2) is 48.0 Å². The molecule has 1 N–H and O–H groups in total. The van der Waals surface area contributed by atoms with Crippen molar-refractivity contribution in [1.82, 2.24) is 10.4 Å². The third-order valence-electron chi connectivity index (χ3n) is 7.30. The number of ether oxygens (including phenoxy) is 1. The van der Waals surface area contributed by atoms with Gasteiger partial charge in [0.05, 0.1) is 11.1 Å². The Bertz CT molecular complexity index is 1440. The molecule has 3 amide bonds. The Balaban J connectivity index is 1.10. The van der Waals surface area contributed by atoms with Gasteiger partial charge in [-0.05, 0) is 34.4 Å². The minimum atomic E-state index is -3.50. The van der Waals surface area contributed by atoms with Gasteiger partial charge in [0.1, 0.15) is 6.61 Å². The second kappa shape index (κ2) is 8.47. The molecule has 1 unspecified atom stereocenters. The van der Waals surface area contributed by atoms with E-state index in [0.29, 0.717) is 0 Å². The van der Waals surface area contributed by atoms with Crippen molar-refractivity contribution in [1.29, 1.82) is 0 Å². The van der Waals surface area contributed by atoms with Gasteiger partial charge in [0.25, 0.3) is 17.7 Å². The molecule has 38 heavy (non-hydrogen) atoms. The van der Waals surface area contributed by atoms with E-state index in [0.717, 1.165) is 22.3 Å². The molecule has 0 aromatic heterocycles. The van der Waals surface area contributed by atoms with E-state index in [1.54, 1.807) is 0 Å². The first-order valence-electron chi connectivity index (χ1n) is 11.9. The number of benzene rings is 3. The minimum Gasteiger partial charge on any atom is -0.449 e. The fourth-order valence-corrected chi connectivity index (χ4v) is 5.11. The summed E-state index contributed by atoms with van der Waals surface area (Å²) in [6, 6.07) is 21.2. The van der Waals surface area contributed by atoms with E-state index in [1.807, 2.05) is 48.5 Å². The molecule has 1 heterocycles. The van der Waals surface area contributed by atoms with Gasteiger partial charge in [-0.1, -0.05) is 65.7 Å². The predicted octanol–water partition coefficient (Wildman–Crippen LogP) is 4.30. The Morgan fingerprint density at radius 2 is 1.32 bits per heavy atom. The van der Waals surface area contributed by atoms with Crippen LogP contribution in [0, 0.1) is 5.41 Å². The molecule has 3 aliphatic rings. The molecule has 2 aliphatic carbocycles. The zero-order valence-corrected chi connectivity index (χ0v) is 19.8. The summed E-state index contributed by atoms with van der Waals surface area (Å²) in [5, 5.41) is 2.41. The van der Waals surface area contributed by atoms with Crippen LogP contribution in [0.3, 0.4) is 0 Å². The quantitative estimate of drug-likeness (QED) is 0.488. The van der Waals surface area contributed by atoms with Crippen LogP contribution in [-0.2, 0) is 14.4 Å². The van der Waals surface area contributed by atoms with Crippen molar-refractivity contribution in [2.75, 3.05) is 13.2 Å². The third kappa shape index (κ3) is 3.55. The van der Waals surface area contributed by atoms with E-state index in [9.17, 15) is 28.0 Å². The van der Waals surface area contributed by atoms with Gasteiger partial charge < -0.3 is 14.9 Å². The van der Waals surface area contributed by atoms with Crippen LogP contribution in [0.4, 0.5) is 13.6 Å². The van der Waals surface area contributed by atoms with Crippen LogP contribution in [0.15, 0.2) is 72.8 Å². The van der Waals surface area contributed by atoms with Crippen molar-refractivity contribution in [3.05, 3.63) is 95.1 Å². The Morgan fingerprint density at radius 1 is 0.842 bits per heavy atom. The third-order valence-corrected chi connectivity index (χ3v) is 7.30. The van der Waals surface area contributed by atoms with E-state index in [4.69, 9.17) is 9.57 Å². The van der Waals surface area contributed by atoms with E-state index < -0.39 is 48.2 Å². The van der Waals surface area contributed by atoms with E-state index >= 15 is 0 Å². The van der Waals surface area contributed by atoms with E-state index in [2.05, 4.69) is 5.32 Å². The highest BCUT2D eigenvalue weighted by molar-refractivity contribution is 6.21. The van der Waals surface area contributed by atoms with Gasteiger partial charge >= 0.3 is 12.1 Å². The maximum Gasteiger partial charge on any atom is 0.407 e. The van der Waals surface area contributed by atoms with Crippen molar-refractivity contribution in [2.45, 2.75) is 18.3 Å². The monoisotopic (exact) mass is 518 g/mol. The molecular weight excluding hydrogens is 498 g/mol. The average Bonchev–Trinajstić information content (AvgIpc) is 3.24. The number of carbonyl (C=O) groups excluding carboxylic acids is 4. The summed E-state index contributed by atoms with van der Waals surface area (Å²) in [6.07, 6.45) is -1.89. The average molecular weight is 518 g/mol. The van der Waals surface area contributed by atoms with Gasteiger partial charge in [-0.25, -0.2) is 18.4 Å². The lowest BCUT2D eigenvalue weighted by Crippen LogP contribution is -2.43. The van der Waals surface area contributed by atoms with Gasteiger partial charge in [0, 0.05) is 18.9 Å². The van der Waals surface area contributed by atoms with Crippen molar-refractivity contribution in [3.8, 4) is 11.1 Å². The molecule has 0 radical (unpaired) electrons. The molecule has 192 valence electrons. The molecule has 0 saturated heterocycles. The Kier molecular flexibility index (Phi) is 5.30. The summed E-state index contributed by atoms with van der Waals surface area (Å²) in [5.41, 5.74) is 1.60. The second-order valence-corrected chi connectivity index (χ2v) is 9.47. The Hall–Kier alpha value is -4.60. The molecule has 3 aromatic rings. The van der Waals surface area contributed by atoms with E-state index in [-0.39, 0.29) is 28.7 Å². The molecule has 1 saturated carbocycles. The summed E-state index contributed by atoms with van der Waals surface area (Å²) < 4.78 is 34.1. The van der Waals surface area contributed by atoms with Gasteiger partial charge in [0.2, 0.25) is 0 Å². The standard InChI is InChI=1S/C28H20F2N2O6/c29-28(30)14-27(28,25(35)38-32-23(33)20-11-5-6-12-21(20)24(32)34)15-31-26(36)37-13-22-18-9-3-1-7-16(18)17-8-2-4-10-19(17)22/h1-12,22H,13-15H2,(H,31,36). The number of amides is 3. The maximum absolute atomic E-state index is 14.4. The number of alkyl halides is 2. The van der Waals surface area contributed by atoms with Crippen molar-refractivity contribution >= 4 is 23.9 Å². The molecule has 1 fully saturated rings. The van der Waals surface area contributed by atoms with Crippen molar-refractivity contribution < 1.29 is 37.5 Å². The lowest BCUT2D eigenvalue weighted by atomic mass is 9.98. The number of halogens is 2. The number of nitrogens with one attached hydrogen (secondary N) is 1. The highest BCUT2D eigenvalue weighted by atomic mass is 19.3. The highest BCUT2D eigenvalue weighted by Gasteiger charge is 2.77. The Morgan fingerprint density at radius 3 is 1.82 bits per heavy atom. The van der Waals surface area contributed by atoms with Crippen molar-refractivity contribution in [2.24, 2.45) is 5.41 Å². The fourth-order valence-electron chi connectivity index (χ4n) is 5.11. The summed E-state index contributed by atoms with van der Waals surface area (Å²) in [5.74, 6) is -7.08. The largest absolute Gasteiger partial charge is 0.449 e. The SMILES string of the molecule is O=C(NCC1(C(=O)ON2C(=O)c3ccccc3C2=O)CC1(F)F)OCC1c2ccccc2-c2ccccc21. The molecule has 10 heteroatoms. The number of alkyl carbamates (subject to hydrolysis) is 1. The zero-order valence-electron chi connectivity index (χ0n) is 19.8. The number of hydroxylamine groups is 2. The highest BCUT2D eigenvalue weighted by Crippen LogP contribution is 2.61. The lowest BCUT2D eigenvalue weighted by Gasteiger charge is -2.20. The maximum atomic E-state index is 14.4. The van der Waals surface area contributed by atoms with Crippen molar-refractivity contribution in [3.63, 3.8) is 0 Å². The van der Waals surface area contributed by atoms with Gasteiger partial charge in [0.15, 0.2) is 5.41 Å². The van der Waals surface area contributed by atoms with Gasteiger partial charge in [-0.2, -0.15) is 0 Å². The first-order valence-corrected chi connectivity index (χ1v) is 11.9. The van der Waals surface area contributed by atoms with Crippen LogP contribution < -0.4 is 5.32 Å². The summed E-state index contributed by atoms with van der Waals surface area (Å²) >= 11 is 0. The number of imide groups is 1. The minimum absolute atomic E-state index is 0.00123. The lowest BCUT2D eigenvalue weighted by molar-refractivity contribution is -0.179.